The van der Waals surface area contributed by atoms with E-state index in [2.05, 4.69) is 20.6 Å². The minimum atomic E-state index is -0.221. The normalized spacial score (nSPS) is 10.8. The fraction of sp³-hybridized carbons (Fsp3) is 0.250. The first kappa shape index (κ1) is 25.4. The fourth-order valence-electron chi connectivity index (χ4n) is 2.92. The molecule has 0 aliphatic heterocycles. The van der Waals surface area contributed by atoms with Gasteiger partial charge in [-0.15, -0.1) is 24.0 Å². The van der Waals surface area contributed by atoms with Gasteiger partial charge in [0, 0.05) is 32.4 Å². The van der Waals surface area contributed by atoms with Crippen LogP contribution in [0.4, 0.5) is 4.39 Å². The van der Waals surface area contributed by atoms with Crippen molar-refractivity contribution in [2.75, 3.05) is 20.2 Å². The molecule has 2 N–H and O–H groups in total. The van der Waals surface area contributed by atoms with Gasteiger partial charge in [-0.25, -0.2) is 9.37 Å². The van der Waals surface area contributed by atoms with E-state index in [0.29, 0.717) is 49.5 Å². The Hall–Kier alpha value is -2.88. The average Bonchev–Trinajstić information content (AvgIpc) is 2.78. The predicted octanol–water partition coefficient (Wildman–Crippen LogP) is 4.94. The Balaban J connectivity index is 0.00000363. The SMILES string of the molecule is CCOc1ccccc1Oc1ccc(CNC(=NC)NCCc2cccc(F)c2)cn1.I. The van der Waals surface area contributed by atoms with Crippen LogP contribution in [0.3, 0.4) is 0 Å². The van der Waals surface area contributed by atoms with Gasteiger partial charge in [0.15, 0.2) is 17.5 Å². The Labute approximate surface area is 205 Å². The Bertz CT molecular complexity index is 999. The van der Waals surface area contributed by atoms with E-state index in [1.54, 1.807) is 25.4 Å². The average molecular weight is 550 g/mol. The molecule has 0 aliphatic rings. The number of rotatable bonds is 9. The van der Waals surface area contributed by atoms with E-state index < -0.39 is 0 Å². The maximum absolute atomic E-state index is 13.3. The minimum absolute atomic E-state index is 0. The molecule has 0 atom stereocenters. The summed E-state index contributed by atoms with van der Waals surface area (Å²) in [5.41, 5.74) is 1.92. The lowest BCUT2D eigenvalue weighted by molar-refractivity contribution is 0.319. The van der Waals surface area contributed by atoms with Crippen LogP contribution in [0.25, 0.3) is 0 Å². The summed E-state index contributed by atoms with van der Waals surface area (Å²) in [6, 6.07) is 17.9. The van der Waals surface area contributed by atoms with Crippen LogP contribution in [0.5, 0.6) is 17.4 Å². The van der Waals surface area contributed by atoms with Crippen molar-refractivity contribution in [2.24, 2.45) is 4.99 Å². The number of halogens is 2. The summed E-state index contributed by atoms with van der Waals surface area (Å²) in [4.78, 5) is 8.59. The largest absolute Gasteiger partial charge is 0.490 e. The number of nitrogens with one attached hydrogen (secondary N) is 2. The molecule has 0 bridgehead atoms. The predicted molar refractivity (Wildman–Crippen MR) is 136 cm³/mol. The highest BCUT2D eigenvalue weighted by molar-refractivity contribution is 14.0. The number of aromatic nitrogens is 1. The number of nitrogens with zero attached hydrogens (tertiary/aromatic N) is 2. The van der Waals surface area contributed by atoms with Crippen LogP contribution >= 0.6 is 24.0 Å². The summed E-state index contributed by atoms with van der Waals surface area (Å²) < 4.78 is 24.7. The van der Waals surface area contributed by atoms with Gasteiger partial charge in [-0.2, -0.15) is 0 Å². The number of hydrogen-bond acceptors (Lipinski definition) is 4. The molecule has 2 aromatic carbocycles. The number of pyridine rings is 1. The fourth-order valence-corrected chi connectivity index (χ4v) is 2.92. The van der Waals surface area contributed by atoms with Crippen LogP contribution in [-0.2, 0) is 13.0 Å². The third-order valence-electron chi connectivity index (χ3n) is 4.44. The van der Waals surface area contributed by atoms with E-state index in [4.69, 9.17) is 9.47 Å². The zero-order chi connectivity index (χ0) is 21.9. The number of benzene rings is 2. The van der Waals surface area contributed by atoms with Gasteiger partial charge in [-0.3, -0.25) is 4.99 Å². The molecule has 0 fully saturated rings. The van der Waals surface area contributed by atoms with Gasteiger partial charge >= 0.3 is 0 Å². The standard InChI is InChI=1S/C24H27FN4O2.HI/c1-3-30-21-9-4-5-10-22(21)31-23-12-11-19(16-28-23)17-29-24(26-2)27-14-13-18-7-6-8-20(25)15-18;/h4-12,15-16H,3,13-14,17H2,1-2H3,(H2,26,27,29);1H. The molecule has 32 heavy (non-hydrogen) atoms. The molecule has 3 rings (SSSR count). The molecule has 0 saturated carbocycles. The van der Waals surface area contributed by atoms with Crippen LogP contribution in [0.1, 0.15) is 18.1 Å². The highest BCUT2D eigenvalue weighted by Gasteiger charge is 2.06. The van der Waals surface area contributed by atoms with Crippen LogP contribution in [0, 0.1) is 5.82 Å². The third-order valence-corrected chi connectivity index (χ3v) is 4.44. The summed E-state index contributed by atoms with van der Waals surface area (Å²) in [5.74, 6) is 2.26. The minimum Gasteiger partial charge on any atom is -0.490 e. The van der Waals surface area contributed by atoms with E-state index in [9.17, 15) is 4.39 Å². The van der Waals surface area contributed by atoms with E-state index in [0.717, 1.165) is 11.1 Å². The monoisotopic (exact) mass is 550 g/mol. The van der Waals surface area contributed by atoms with Gasteiger partial charge in [-0.05, 0) is 48.7 Å². The zero-order valence-corrected chi connectivity index (χ0v) is 20.5. The Morgan fingerprint density at radius 3 is 2.50 bits per heavy atom. The van der Waals surface area contributed by atoms with Gasteiger partial charge < -0.3 is 20.1 Å². The summed E-state index contributed by atoms with van der Waals surface area (Å²) in [6.07, 6.45) is 2.46. The summed E-state index contributed by atoms with van der Waals surface area (Å²) in [5, 5.41) is 6.47. The second-order valence-electron chi connectivity index (χ2n) is 6.72. The molecule has 3 aromatic rings. The molecule has 1 heterocycles. The first-order valence-corrected chi connectivity index (χ1v) is 10.2. The summed E-state index contributed by atoms with van der Waals surface area (Å²) >= 11 is 0. The van der Waals surface area contributed by atoms with E-state index in [1.807, 2.05) is 49.4 Å². The van der Waals surface area contributed by atoms with Crippen molar-refractivity contribution in [3.8, 4) is 17.4 Å². The third kappa shape index (κ3) is 7.99. The second kappa shape index (κ2) is 13.5. The Kier molecular flexibility index (Phi) is 10.7. The topological polar surface area (TPSA) is 67.8 Å². The van der Waals surface area contributed by atoms with Crippen LogP contribution in [0.2, 0.25) is 0 Å². The number of ether oxygens (including phenoxy) is 2. The van der Waals surface area contributed by atoms with Crippen molar-refractivity contribution in [3.63, 3.8) is 0 Å². The molecular weight excluding hydrogens is 522 g/mol. The molecule has 0 radical (unpaired) electrons. The molecule has 0 saturated heterocycles. The summed E-state index contributed by atoms with van der Waals surface area (Å²) in [6.45, 7) is 3.70. The number of hydrogen-bond donors (Lipinski definition) is 2. The lowest BCUT2D eigenvalue weighted by Crippen LogP contribution is -2.37. The molecule has 1 aromatic heterocycles. The van der Waals surface area contributed by atoms with Gasteiger partial charge in [0.05, 0.1) is 6.61 Å². The summed E-state index contributed by atoms with van der Waals surface area (Å²) in [7, 11) is 1.71. The van der Waals surface area contributed by atoms with E-state index in [1.165, 1.54) is 6.07 Å². The van der Waals surface area contributed by atoms with E-state index >= 15 is 0 Å². The van der Waals surface area contributed by atoms with Crippen molar-refractivity contribution >= 4 is 29.9 Å². The molecule has 6 nitrogen and oxygen atoms in total. The van der Waals surface area contributed by atoms with Crippen molar-refractivity contribution in [3.05, 3.63) is 83.8 Å². The van der Waals surface area contributed by atoms with Crippen molar-refractivity contribution in [2.45, 2.75) is 19.9 Å². The van der Waals surface area contributed by atoms with Crippen LogP contribution in [0.15, 0.2) is 71.9 Å². The van der Waals surface area contributed by atoms with Crippen molar-refractivity contribution < 1.29 is 13.9 Å². The first-order chi connectivity index (χ1) is 15.2. The number of aliphatic imine (C=N–C) groups is 1. The van der Waals surface area contributed by atoms with Crippen LogP contribution in [-0.4, -0.2) is 31.1 Å². The van der Waals surface area contributed by atoms with E-state index in [-0.39, 0.29) is 29.8 Å². The smallest absolute Gasteiger partial charge is 0.219 e. The van der Waals surface area contributed by atoms with Crippen molar-refractivity contribution in [1.29, 1.82) is 0 Å². The highest BCUT2D eigenvalue weighted by atomic mass is 127. The lowest BCUT2D eigenvalue weighted by Gasteiger charge is -2.13. The Morgan fingerprint density at radius 2 is 1.81 bits per heavy atom. The van der Waals surface area contributed by atoms with Gasteiger partial charge in [0.25, 0.3) is 0 Å². The van der Waals surface area contributed by atoms with Gasteiger partial charge in [0.1, 0.15) is 5.82 Å². The number of para-hydroxylation sites is 2. The Morgan fingerprint density at radius 1 is 1.00 bits per heavy atom. The molecular formula is C24H28FIN4O2. The zero-order valence-electron chi connectivity index (χ0n) is 18.2. The van der Waals surface area contributed by atoms with Gasteiger partial charge in [0.2, 0.25) is 5.88 Å². The van der Waals surface area contributed by atoms with Crippen molar-refractivity contribution in [1.82, 2.24) is 15.6 Å². The van der Waals surface area contributed by atoms with Gasteiger partial charge in [-0.1, -0.05) is 30.3 Å². The highest BCUT2D eigenvalue weighted by Crippen LogP contribution is 2.30. The lowest BCUT2D eigenvalue weighted by atomic mass is 10.1. The maximum atomic E-state index is 13.3. The number of guanidine groups is 1. The maximum Gasteiger partial charge on any atom is 0.219 e. The molecule has 0 spiro atoms. The first-order valence-electron chi connectivity index (χ1n) is 10.2. The quantitative estimate of drug-likeness (QED) is 0.225. The molecule has 8 heteroatoms. The molecule has 0 amide bonds. The second-order valence-corrected chi connectivity index (χ2v) is 6.72. The molecule has 170 valence electrons. The molecule has 0 aliphatic carbocycles. The van der Waals surface area contributed by atoms with Crippen LogP contribution < -0.4 is 20.1 Å². The molecule has 0 unspecified atom stereocenters.